The maximum atomic E-state index is 11.8. The van der Waals surface area contributed by atoms with Gasteiger partial charge >= 0.3 is 12.0 Å². The number of aliphatic carboxylic acids is 1. The number of urea groups is 1. The average Bonchev–Trinajstić information content (AvgIpc) is 3.15. The summed E-state index contributed by atoms with van der Waals surface area (Å²) in [6.07, 6.45) is 2.47. The Bertz CT molecular complexity index is 474. The van der Waals surface area contributed by atoms with Crippen LogP contribution in [0, 0.1) is 0 Å². The van der Waals surface area contributed by atoms with Crippen LogP contribution in [0.5, 0.6) is 0 Å². The SMILES string of the molecule is CCN(CCNC(=O)NC(C(=O)O)c1cccs1)C1CC1. The Hall–Kier alpha value is -1.60. The van der Waals surface area contributed by atoms with E-state index in [0.29, 0.717) is 17.5 Å². The number of hydrogen-bond acceptors (Lipinski definition) is 4. The van der Waals surface area contributed by atoms with Crippen molar-refractivity contribution < 1.29 is 14.7 Å². The molecule has 0 aliphatic heterocycles. The first kappa shape index (κ1) is 15.8. The van der Waals surface area contributed by atoms with Gasteiger partial charge in [-0.15, -0.1) is 11.3 Å². The summed E-state index contributed by atoms with van der Waals surface area (Å²) < 4.78 is 0. The minimum atomic E-state index is -1.05. The van der Waals surface area contributed by atoms with E-state index in [0.717, 1.165) is 13.1 Å². The predicted octanol–water partition coefficient (Wildman–Crippen LogP) is 1.66. The Morgan fingerprint density at radius 2 is 2.29 bits per heavy atom. The second-order valence-corrected chi connectivity index (χ2v) is 6.03. The fourth-order valence-electron chi connectivity index (χ4n) is 2.24. The zero-order valence-electron chi connectivity index (χ0n) is 12.0. The summed E-state index contributed by atoms with van der Waals surface area (Å²) >= 11 is 1.31. The number of carboxylic acid groups (broad SMARTS) is 1. The minimum Gasteiger partial charge on any atom is -0.479 e. The van der Waals surface area contributed by atoms with E-state index < -0.39 is 18.0 Å². The van der Waals surface area contributed by atoms with Crippen molar-refractivity contribution in [1.29, 1.82) is 0 Å². The first-order valence-corrected chi connectivity index (χ1v) is 8.04. The first-order chi connectivity index (χ1) is 10.1. The molecule has 1 unspecified atom stereocenters. The summed E-state index contributed by atoms with van der Waals surface area (Å²) in [6, 6.07) is 2.70. The highest BCUT2D eigenvalue weighted by molar-refractivity contribution is 7.10. The fraction of sp³-hybridized carbons (Fsp3) is 0.571. The van der Waals surface area contributed by atoms with Crippen molar-refractivity contribution in [3.05, 3.63) is 22.4 Å². The molecule has 1 aliphatic rings. The maximum absolute atomic E-state index is 11.8. The van der Waals surface area contributed by atoms with Crippen molar-refractivity contribution in [3.8, 4) is 0 Å². The molecule has 6 nitrogen and oxygen atoms in total. The zero-order valence-corrected chi connectivity index (χ0v) is 12.9. The van der Waals surface area contributed by atoms with E-state index in [1.54, 1.807) is 17.5 Å². The molecule has 0 bridgehead atoms. The van der Waals surface area contributed by atoms with E-state index in [9.17, 15) is 14.7 Å². The van der Waals surface area contributed by atoms with Crippen molar-refractivity contribution >= 4 is 23.3 Å². The van der Waals surface area contributed by atoms with Gasteiger partial charge in [0.2, 0.25) is 0 Å². The number of nitrogens with zero attached hydrogens (tertiary/aromatic N) is 1. The number of hydrogen-bond donors (Lipinski definition) is 3. The molecule has 2 amide bonds. The molecule has 1 aromatic heterocycles. The Morgan fingerprint density at radius 3 is 2.81 bits per heavy atom. The van der Waals surface area contributed by atoms with Crippen LogP contribution in [-0.2, 0) is 4.79 Å². The lowest BCUT2D eigenvalue weighted by atomic mass is 10.2. The molecule has 2 rings (SSSR count). The second-order valence-electron chi connectivity index (χ2n) is 5.05. The Kier molecular flexibility index (Phi) is 5.58. The van der Waals surface area contributed by atoms with Crippen LogP contribution in [0.4, 0.5) is 4.79 Å². The van der Waals surface area contributed by atoms with Gasteiger partial charge in [0.1, 0.15) is 0 Å². The van der Waals surface area contributed by atoms with Gasteiger partial charge in [-0.1, -0.05) is 13.0 Å². The van der Waals surface area contributed by atoms with Gasteiger partial charge in [0, 0.05) is 24.0 Å². The van der Waals surface area contributed by atoms with Gasteiger partial charge in [0.25, 0.3) is 0 Å². The van der Waals surface area contributed by atoms with Crippen molar-refractivity contribution in [2.24, 2.45) is 0 Å². The van der Waals surface area contributed by atoms with Crippen LogP contribution in [0.25, 0.3) is 0 Å². The molecule has 7 heteroatoms. The molecule has 1 heterocycles. The molecule has 1 fully saturated rings. The largest absolute Gasteiger partial charge is 0.479 e. The van der Waals surface area contributed by atoms with Crippen LogP contribution in [0.2, 0.25) is 0 Å². The van der Waals surface area contributed by atoms with E-state index in [1.807, 2.05) is 0 Å². The number of carboxylic acids is 1. The first-order valence-electron chi connectivity index (χ1n) is 7.16. The third kappa shape index (κ3) is 4.71. The van der Waals surface area contributed by atoms with Crippen LogP contribution < -0.4 is 10.6 Å². The molecule has 1 aliphatic carbocycles. The number of thiophene rings is 1. The van der Waals surface area contributed by atoms with Crippen molar-refractivity contribution in [1.82, 2.24) is 15.5 Å². The third-order valence-corrected chi connectivity index (χ3v) is 4.44. The van der Waals surface area contributed by atoms with Crippen LogP contribution in [0.15, 0.2) is 17.5 Å². The Balaban J connectivity index is 1.76. The van der Waals surface area contributed by atoms with E-state index in [1.165, 1.54) is 24.2 Å². The quantitative estimate of drug-likeness (QED) is 0.682. The fourth-order valence-corrected chi connectivity index (χ4v) is 3.01. The highest BCUT2D eigenvalue weighted by Gasteiger charge is 2.27. The molecule has 0 saturated heterocycles. The summed E-state index contributed by atoms with van der Waals surface area (Å²) in [5, 5.41) is 16.2. The summed E-state index contributed by atoms with van der Waals surface area (Å²) in [5.41, 5.74) is 0. The smallest absolute Gasteiger partial charge is 0.331 e. The van der Waals surface area contributed by atoms with Gasteiger partial charge in [-0.3, -0.25) is 4.90 Å². The summed E-state index contributed by atoms with van der Waals surface area (Å²) in [7, 11) is 0. The number of rotatable bonds is 8. The lowest BCUT2D eigenvalue weighted by Gasteiger charge is -2.20. The van der Waals surface area contributed by atoms with Crippen molar-refractivity contribution in [2.45, 2.75) is 31.8 Å². The van der Waals surface area contributed by atoms with E-state index in [-0.39, 0.29) is 0 Å². The number of nitrogens with one attached hydrogen (secondary N) is 2. The normalized spacial score (nSPS) is 15.7. The molecule has 0 aromatic carbocycles. The minimum absolute atomic E-state index is 0.442. The number of amides is 2. The molecule has 21 heavy (non-hydrogen) atoms. The van der Waals surface area contributed by atoms with Crippen LogP contribution in [-0.4, -0.2) is 47.7 Å². The van der Waals surface area contributed by atoms with Gasteiger partial charge in [-0.25, -0.2) is 9.59 Å². The lowest BCUT2D eigenvalue weighted by Crippen LogP contribution is -2.43. The highest BCUT2D eigenvalue weighted by atomic mass is 32.1. The second kappa shape index (κ2) is 7.42. The molecule has 3 N–H and O–H groups in total. The van der Waals surface area contributed by atoms with Crippen LogP contribution in [0.1, 0.15) is 30.7 Å². The lowest BCUT2D eigenvalue weighted by molar-refractivity contribution is -0.139. The standard InChI is InChI=1S/C14H21N3O3S/c1-2-17(10-5-6-10)8-7-15-14(20)16-12(13(18)19)11-4-3-9-21-11/h3-4,9-10,12H,2,5-8H2,1H3,(H,18,19)(H2,15,16,20). The molecule has 0 radical (unpaired) electrons. The molecular formula is C14H21N3O3S. The monoisotopic (exact) mass is 311 g/mol. The predicted molar refractivity (Wildman–Crippen MR) is 81.5 cm³/mol. The Morgan fingerprint density at radius 1 is 1.52 bits per heavy atom. The molecule has 1 atom stereocenters. The summed E-state index contributed by atoms with van der Waals surface area (Å²) in [5.74, 6) is -1.05. The maximum Gasteiger partial charge on any atom is 0.331 e. The summed E-state index contributed by atoms with van der Waals surface area (Å²) in [4.78, 5) is 26.0. The summed E-state index contributed by atoms with van der Waals surface area (Å²) in [6.45, 7) is 4.40. The van der Waals surface area contributed by atoms with E-state index in [4.69, 9.17) is 0 Å². The number of carbonyl (C=O) groups is 2. The van der Waals surface area contributed by atoms with Crippen LogP contribution >= 0.6 is 11.3 Å². The van der Waals surface area contributed by atoms with Crippen LogP contribution in [0.3, 0.4) is 0 Å². The number of carbonyl (C=O) groups excluding carboxylic acids is 1. The third-order valence-electron chi connectivity index (χ3n) is 3.50. The molecular weight excluding hydrogens is 290 g/mol. The molecule has 0 spiro atoms. The zero-order chi connectivity index (χ0) is 15.2. The van der Waals surface area contributed by atoms with Crippen molar-refractivity contribution in [2.75, 3.05) is 19.6 Å². The van der Waals surface area contributed by atoms with Gasteiger partial charge in [0.05, 0.1) is 0 Å². The van der Waals surface area contributed by atoms with Crippen molar-refractivity contribution in [3.63, 3.8) is 0 Å². The molecule has 1 saturated carbocycles. The van der Waals surface area contributed by atoms with Gasteiger partial charge < -0.3 is 15.7 Å². The van der Waals surface area contributed by atoms with Gasteiger partial charge in [-0.2, -0.15) is 0 Å². The van der Waals surface area contributed by atoms with Gasteiger partial charge in [-0.05, 0) is 30.8 Å². The van der Waals surface area contributed by atoms with E-state index >= 15 is 0 Å². The molecule has 116 valence electrons. The van der Waals surface area contributed by atoms with Gasteiger partial charge in [0.15, 0.2) is 6.04 Å². The number of likely N-dealkylation sites (N-methyl/N-ethyl adjacent to an activating group) is 1. The van der Waals surface area contributed by atoms with E-state index in [2.05, 4.69) is 22.5 Å². The highest BCUT2D eigenvalue weighted by Crippen LogP contribution is 2.25. The molecule has 1 aromatic rings. The topological polar surface area (TPSA) is 81.7 Å². The Labute approximate surface area is 128 Å². The average molecular weight is 311 g/mol.